The summed E-state index contributed by atoms with van der Waals surface area (Å²) in [5.74, 6) is 0.150. The lowest BCUT2D eigenvalue weighted by Gasteiger charge is -2.42. The van der Waals surface area contributed by atoms with Crippen molar-refractivity contribution in [2.24, 2.45) is 0 Å². The summed E-state index contributed by atoms with van der Waals surface area (Å²) in [5.41, 5.74) is 6.63. The van der Waals surface area contributed by atoms with E-state index in [1.54, 1.807) is 12.4 Å². The van der Waals surface area contributed by atoms with Gasteiger partial charge in [0.05, 0.1) is 35.4 Å². The van der Waals surface area contributed by atoms with Crippen LogP contribution in [0, 0.1) is 0 Å². The smallest absolute Gasteiger partial charge is 0.222 e. The molecule has 9 nitrogen and oxygen atoms in total. The topological polar surface area (TPSA) is 107 Å². The number of hydrogen-bond acceptors (Lipinski definition) is 8. The van der Waals surface area contributed by atoms with Gasteiger partial charge in [0.25, 0.3) is 0 Å². The first kappa shape index (κ1) is 28.7. The fourth-order valence-electron chi connectivity index (χ4n) is 4.48. The summed E-state index contributed by atoms with van der Waals surface area (Å²) in [4.78, 5) is 13.6. The molecular formula is C26H44N5O4Si. The van der Waals surface area contributed by atoms with E-state index in [1.807, 2.05) is 66.9 Å². The molecular weight excluding hydrogens is 474 g/mol. The van der Waals surface area contributed by atoms with Crippen LogP contribution in [-0.4, -0.2) is 70.0 Å². The van der Waals surface area contributed by atoms with Gasteiger partial charge in [0.2, 0.25) is 5.95 Å². The summed E-state index contributed by atoms with van der Waals surface area (Å²) >= 11 is 0. The SMILES string of the molecule is C=Cc1nc(N)nc2c1ncn2C1([Si](C)C)O[C@H](COC(C)(C)C)[C@@H](OC(C)(C)C)[C@H]1OC(C)(C)C. The van der Waals surface area contributed by atoms with E-state index >= 15 is 0 Å². The number of nitrogens with zero attached hydrogens (tertiary/aromatic N) is 4. The molecule has 1 radical (unpaired) electrons. The molecule has 201 valence electrons. The van der Waals surface area contributed by atoms with E-state index in [-0.39, 0.29) is 17.7 Å². The number of ether oxygens (including phenoxy) is 4. The number of nitrogen functional groups attached to an aromatic ring is 1. The average Bonchev–Trinajstić information content (AvgIpc) is 3.23. The Morgan fingerprint density at radius 1 is 1.06 bits per heavy atom. The van der Waals surface area contributed by atoms with Crippen LogP contribution in [0.1, 0.15) is 68.0 Å². The van der Waals surface area contributed by atoms with E-state index in [1.165, 1.54) is 0 Å². The number of rotatable bonds is 7. The molecule has 0 amide bonds. The van der Waals surface area contributed by atoms with Crippen LogP contribution in [0.4, 0.5) is 5.95 Å². The van der Waals surface area contributed by atoms with Crippen LogP contribution in [0.5, 0.6) is 0 Å². The van der Waals surface area contributed by atoms with Gasteiger partial charge in [0.1, 0.15) is 32.6 Å². The first-order chi connectivity index (χ1) is 16.4. The van der Waals surface area contributed by atoms with Crippen LogP contribution in [-0.2, 0) is 24.3 Å². The maximum absolute atomic E-state index is 7.05. The molecule has 0 spiro atoms. The molecule has 0 aromatic carbocycles. The average molecular weight is 519 g/mol. The second kappa shape index (κ2) is 9.79. The third-order valence-corrected chi connectivity index (χ3v) is 7.82. The van der Waals surface area contributed by atoms with Gasteiger partial charge in [-0.2, -0.15) is 4.98 Å². The van der Waals surface area contributed by atoms with Gasteiger partial charge in [-0.15, -0.1) is 0 Å². The summed E-state index contributed by atoms with van der Waals surface area (Å²) in [7, 11) is -1.30. The Bertz CT molecular complexity index is 1080. The van der Waals surface area contributed by atoms with Gasteiger partial charge in [-0.3, -0.25) is 4.57 Å². The number of aromatic nitrogens is 4. The molecule has 1 unspecified atom stereocenters. The molecule has 1 fully saturated rings. The highest BCUT2D eigenvalue weighted by atomic mass is 28.3. The zero-order chi connectivity index (χ0) is 27.3. The third kappa shape index (κ3) is 5.99. The van der Waals surface area contributed by atoms with Crippen molar-refractivity contribution in [1.82, 2.24) is 19.5 Å². The van der Waals surface area contributed by atoms with E-state index < -0.39 is 37.6 Å². The Kier molecular flexibility index (Phi) is 7.81. The number of anilines is 1. The Morgan fingerprint density at radius 2 is 1.67 bits per heavy atom. The molecule has 0 saturated carbocycles. The van der Waals surface area contributed by atoms with Gasteiger partial charge >= 0.3 is 0 Å². The molecule has 0 aliphatic carbocycles. The molecule has 2 aromatic heterocycles. The summed E-state index contributed by atoms with van der Waals surface area (Å²) < 4.78 is 28.8. The Labute approximate surface area is 217 Å². The zero-order valence-corrected chi connectivity index (χ0v) is 24.8. The zero-order valence-electron chi connectivity index (χ0n) is 23.8. The molecule has 2 aromatic rings. The quantitative estimate of drug-likeness (QED) is 0.531. The molecule has 0 bridgehead atoms. The van der Waals surface area contributed by atoms with Gasteiger partial charge in [0.15, 0.2) is 11.0 Å². The maximum Gasteiger partial charge on any atom is 0.222 e. The van der Waals surface area contributed by atoms with Crippen LogP contribution < -0.4 is 5.73 Å². The minimum Gasteiger partial charge on any atom is -0.373 e. The van der Waals surface area contributed by atoms with E-state index in [0.717, 1.165) is 0 Å². The highest BCUT2D eigenvalue weighted by Gasteiger charge is 2.62. The standard InChI is InChI=1S/C26H44N5O4Si/c1-13-16-18-21(30-22(27)29-16)31(15-28-18)26(36(11)12)20(35-25(8,9)10)19(34-24(5,6)7)17(33-26)14-32-23(2,3)4/h13,15,17,19-20H,1,14H2,2-12H3,(H2,27,29,30)/t17-,19-,20-,26?/m1/s1. The van der Waals surface area contributed by atoms with Crippen LogP contribution >= 0.6 is 0 Å². The second-order valence-corrected chi connectivity index (χ2v) is 15.3. The predicted molar refractivity (Wildman–Crippen MR) is 145 cm³/mol. The van der Waals surface area contributed by atoms with Crippen LogP contribution in [0.3, 0.4) is 0 Å². The molecule has 36 heavy (non-hydrogen) atoms. The Balaban J connectivity index is 2.28. The molecule has 1 saturated heterocycles. The highest BCUT2D eigenvalue weighted by molar-refractivity contribution is 6.58. The van der Waals surface area contributed by atoms with Crippen molar-refractivity contribution in [2.45, 2.75) is 116 Å². The van der Waals surface area contributed by atoms with Crippen molar-refractivity contribution in [3.05, 3.63) is 18.6 Å². The molecule has 3 heterocycles. The van der Waals surface area contributed by atoms with Crippen molar-refractivity contribution in [3.8, 4) is 0 Å². The van der Waals surface area contributed by atoms with E-state index in [9.17, 15) is 0 Å². The first-order valence-electron chi connectivity index (χ1n) is 12.5. The Hall–Kier alpha value is -1.85. The monoisotopic (exact) mass is 518 g/mol. The summed E-state index contributed by atoms with van der Waals surface area (Å²) in [5, 5.41) is -0.909. The van der Waals surface area contributed by atoms with Crippen LogP contribution in [0.15, 0.2) is 12.9 Å². The van der Waals surface area contributed by atoms with E-state index in [0.29, 0.717) is 23.5 Å². The lowest BCUT2D eigenvalue weighted by Crippen LogP contribution is -2.58. The number of hydrogen-bond donors (Lipinski definition) is 1. The van der Waals surface area contributed by atoms with Gasteiger partial charge in [-0.25, -0.2) is 9.97 Å². The summed E-state index contributed by atoms with van der Waals surface area (Å²) in [6.45, 7) is 27.0. The highest BCUT2D eigenvalue weighted by Crippen LogP contribution is 2.45. The maximum atomic E-state index is 7.05. The van der Waals surface area contributed by atoms with Crippen molar-refractivity contribution in [3.63, 3.8) is 0 Å². The molecule has 2 N–H and O–H groups in total. The molecule has 4 atom stereocenters. The summed E-state index contributed by atoms with van der Waals surface area (Å²) in [6.07, 6.45) is 2.14. The number of imidazole rings is 1. The van der Waals surface area contributed by atoms with Crippen molar-refractivity contribution < 1.29 is 18.9 Å². The van der Waals surface area contributed by atoms with Gasteiger partial charge < -0.3 is 24.7 Å². The Morgan fingerprint density at radius 3 is 2.17 bits per heavy atom. The van der Waals surface area contributed by atoms with Crippen LogP contribution in [0.25, 0.3) is 17.2 Å². The van der Waals surface area contributed by atoms with E-state index in [2.05, 4.69) is 34.6 Å². The molecule has 3 rings (SSSR count). The normalized spacial score (nSPS) is 25.7. The number of fused-ring (bicyclic) bond motifs is 1. The lowest BCUT2D eigenvalue weighted by atomic mass is 10.1. The van der Waals surface area contributed by atoms with Crippen LogP contribution in [0.2, 0.25) is 13.1 Å². The van der Waals surface area contributed by atoms with Gasteiger partial charge in [-0.05, 0) is 68.4 Å². The molecule has 10 heteroatoms. The number of nitrogens with two attached hydrogens (primary N) is 1. The molecule has 1 aliphatic rings. The minimum atomic E-state index is -1.30. The van der Waals surface area contributed by atoms with Crippen molar-refractivity contribution in [2.75, 3.05) is 12.3 Å². The lowest BCUT2D eigenvalue weighted by molar-refractivity contribution is -0.174. The van der Waals surface area contributed by atoms with Crippen molar-refractivity contribution in [1.29, 1.82) is 0 Å². The fraction of sp³-hybridized carbons (Fsp3) is 0.731. The largest absolute Gasteiger partial charge is 0.373 e. The summed E-state index contributed by atoms with van der Waals surface area (Å²) in [6, 6.07) is 0. The second-order valence-electron chi connectivity index (χ2n) is 12.6. The van der Waals surface area contributed by atoms with E-state index in [4.69, 9.17) is 24.7 Å². The van der Waals surface area contributed by atoms with Gasteiger partial charge in [0, 0.05) is 0 Å². The minimum absolute atomic E-state index is 0.150. The fourth-order valence-corrected chi connectivity index (χ4v) is 6.30. The first-order valence-corrected chi connectivity index (χ1v) is 15.0. The third-order valence-electron chi connectivity index (χ3n) is 5.74. The molecule has 1 aliphatic heterocycles. The van der Waals surface area contributed by atoms with Crippen molar-refractivity contribution >= 4 is 32.0 Å². The predicted octanol–water partition coefficient (Wildman–Crippen LogP) is 4.58. The van der Waals surface area contributed by atoms with Gasteiger partial charge in [-0.1, -0.05) is 19.7 Å².